The van der Waals surface area contributed by atoms with Crippen LogP contribution in [0.3, 0.4) is 0 Å². The van der Waals surface area contributed by atoms with Gasteiger partial charge >= 0.3 is 6.09 Å². The summed E-state index contributed by atoms with van der Waals surface area (Å²) in [5.74, 6) is 0. The lowest BCUT2D eigenvalue weighted by atomic mass is 10.2. The van der Waals surface area contributed by atoms with Gasteiger partial charge < -0.3 is 9.64 Å². The molecule has 0 fully saturated rings. The van der Waals surface area contributed by atoms with Crippen LogP contribution in [0.5, 0.6) is 0 Å². The quantitative estimate of drug-likeness (QED) is 0.778. The number of unbranched alkanes of at least 4 members (excludes halogenated alkanes) is 1. The first-order chi connectivity index (χ1) is 11.3. The normalized spacial score (nSPS) is 10.1. The van der Waals surface area contributed by atoms with Gasteiger partial charge in [-0.15, -0.1) is 0 Å². The number of hydrogen-bond donors (Lipinski definition) is 1. The summed E-state index contributed by atoms with van der Waals surface area (Å²) < 4.78 is 5.29. The zero-order chi connectivity index (χ0) is 16.3. The number of nitrogens with zero attached hydrogens (tertiary/aromatic N) is 1. The highest BCUT2D eigenvalue weighted by molar-refractivity contribution is 5.84. The number of para-hydroxylation sites is 2. The molecule has 0 radical (unpaired) electrons. The van der Waals surface area contributed by atoms with Crippen molar-refractivity contribution in [3.8, 4) is 0 Å². The SMILES string of the molecule is CCCCN(CCOC(=O)Nc1ccccc1)c1ccccc1. The average molecular weight is 312 g/mol. The molecular weight excluding hydrogens is 288 g/mol. The number of benzene rings is 2. The van der Waals surface area contributed by atoms with Crippen LogP contribution >= 0.6 is 0 Å². The van der Waals surface area contributed by atoms with Gasteiger partial charge in [0.25, 0.3) is 0 Å². The van der Waals surface area contributed by atoms with E-state index in [4.69, 9.17) is 4.74 Å². The van der Waals surface area contributed by atoms with E-state index >= 15 is 0 Å². The van der Waals surface area contributed by atoms with Gasteiger partial charge in [-0.2, -0.15) is 0 Å². The van der Waals surface area contributed by atoms with E-state index in [2.05, 4.69) is 29.3 Å². The van der Waals surface area contributed by atoms with Crippen LogP contribution in [-0.4, -0.2) is 25.8 Å². The molecule has 0 atom stereocenters. The number of amides is 1. The van der Waals surface area contributed by atoms with Crippen molar-refractivity contribution in [3.63, 3.8) is 0 Å². The molecule has 0 spiro atoms. The predicted octanol–water partition coefficient (Wildman–Crippen LogP) is 4.54. The molecule has 2 aromatic carbocycles. The van der Waals surface area contributed by atoms with E-state index in [1.807, 2.05) is 48.5 Å². The van der Waals surface area contributed by atoms with Crippen LogP contribution in [0.15, 0.2) is 60.7 Å². The highest BCUT2D eigenvalue weighted by Gasteiger charge is 2.08. The van der Waals surface area contributed by atoms with Crippen LogP contribution in [0, 0.1) is 0 Å². The van der Waals surface area contributed by atoms with Crippen molar-refractivity contribution < 1.29 is 9.53 Å². The number of carbonyl (C=O) groups excluding carboxylic acids is 1. The lowest BCUT2D eigenvalue weighted by Gasteiger charge is -2.24. The number of ether oxygens (including phenoxy) is 1. The van der Waals surface area contributed by atoms with E-state index in [1.165, 1.54) is 0 Å². The summed E-state index contributed by atoms with van der Waals surface area (Å²) in [6.07, 6.45) is 1.84. The first-order valence-electron chi connectivity index (χ1n) is 8.08. The highest BCUT2D eigenvalue weighted by atomic mass is 16.5. The fourth-order valence-corrected chi connectivity index (χ4v) is 2.28. The molecule has 2 rings (SSSR count). The average Bonchev–Trinajstić information content (AvgIpc) is 2.59. The van der Waals surface area contributed by atoms with Gasteiger partial charge in [-0.25, -0.2) is 4.79 Å². The summed E-state index contributed by atoms with van der Waals surface area (Å²) >= 11 is 0. The summed E-state index contributed by atoms with van der Waals surface area (Å²) in [5, 5.41) is 2.72. The first-order valence-corrected chi connectivity index (χ1v) is 8.08. The van der Waals surface area contributed by atoms with Gasteiger partial charge in [-0.1, -0.05) is 49.7 Å². The Kier molecular flexibility index (Phi) is 6.98. The summed E-state index contributed by atoms with van der Waals surface area (Å²) in [6, 6.07) is 19.5. The van der Waals surface area contributed by atoms with E-state index in [9.17, 15) is 4.79 Å². The lowest BCUT2D eigenvalue weighted by molar-refractivity contribution is 0.164. The minimum Gasteiger partial charge on any atom is -0.447 e. The Hall–Kier alpha value is -2.49. The molecule has 23 heavy (non-hydrogen) atoms. The maximum atomic E-state index is 11.8. The zero-order valence-corrected chi connectivity index (χ0v) is 13.6. The van der Waals surface area contributed by atoms with Gasteiger partial charge in [0.05, 0.1) is 6.54 Å². The molecule has 4 heteroatoms. The maximum Gasteiger partial charge on any atom is 0.411 e. The second kappa shape index (κ2) is 9.51. The van der Waals surface area contributed by atoms with Crippen molar-refractivity contribution in [2.24, 2.45) is 0 Å². The van der Waals surface area contributed by atoms with Crippen molar-refractivity contribution in [1.29, 1.82) is 0 Å². The second-order valence-corrected chi connectivity index (χ2v) is 5.30. The molecule has 0 aliphatic heterocycles. The van der Waals surface area contributed by atoms with E-state index in [1.54, 1.807) is 0 Å². The highest BCUT2D eigenvalue weighted by Crippen LogP contribution is 2.14. The number of anilines is 2. The Morgan fingerprint density at radius 1 is 1.00 bits per heavy atom. The van der Waals surface area contributed by atoms with Crippen LogP contribution in [0.25, 0.3) is 0 Å². The molecule has 0 bridgehead atoms. The minimum atomic E-state index is -0.417. The number of hydrogen-bond acceptors (Lipinski definition) is 3. The van der Waals surface area contributed by atoms with Gasteiger partial charge in [0.2, 0.25) is 0 Å². The van der Waals surface area contributed by atoms with E-state index in [0.717, 1.165) is 30.8 Å². The third kappa shape index (κ3) is 6.02. The topological polar surface area (TPSA) is 41.6 Å². The number of carbonyl (C=O) groups is 1. The summed E-state index contributed by atoms with van der Waals surface area (Å²) in [5.41, 5.74) is 1.90. The Bertz CT molecular complexity index is 572. The molecule has 0 aromatic heterocycles. The van der Waals surface area contributed by atoms with Crippen LogP contribution in [-0.2, 0) is 4.74 Å². The third-order valence-corrected chi connectivity index (χ3v) is 3.52. The lowest BCUT2D eigenvalue weighted by Crippen LogP contribution is -2.30. The minimum absolute atomic E-state index is 0.358. The van der Waals surface area contributed by atoms with Gasteiger partial charge in [0.1, 0.15) is 6.61 Å². The summed E-state index contributed by atoms with van der Waals surface area (Å²) in [4.78, 5) is 14.0. The summed E-state index contributed by atoms with van der Waals surface area (Å²) in [6.45, 7) is 4.18. The first kappa shape index (κ1) is 16.9. The standard InChI is InChI=1S/C19H24N2O2/c1-2-3-14-21(18-12-8-5-9-13-18)15-16-23-19(22)20-17-10-6-4-7-11-17/h4-13H,2-3,14-16H2,1H3,(H,20,22). The maximum absolute atomic E-state index is 11.8. The summed E-state index contributed by atoms with van der Waals surface area (Å²) in [7, 11) is 0. The van der Waals surface area contributed by atoms with Crippen molar-refractivity contribution in [1.82, 2.24) is 0 Å². The largest absolute Gasteiger partial charge is 0.447 e. The zero-order valence-electron chi connectivity index (χ0n) is 13.6. The van der Waals surface area contributed by atoms with Crippen molar-refractivity contribution in [3.05, 3.63) is 60.7 Å². The van der Waals surface area contributed by atoms with Crippen molar-refractivity contribution >= 4 is 17.5 Å². The van der Waals surface area contributed by atoms with E-state index in [0.29, 0.717) is 13.2 Å². The predicted molar refractivity (Wildman–Crippen MR) is 95.0 cm³/mol. The molecule has 0 aliphatic carbocycles. The molecule has 1 amide bonds. The van der Waals surface area contributed by atoms with Gasteiger partial charge in [-0.05, 0) is 30.7 Å². The van der Waals surface area contributed by atoms with Crippen LogP contribution in [0.4, 0.5) is 16.2 Å². The number of rotatable bonds is 8. The molecule has 0 aliphatic rings. The van der Waals surface area contributed by atoms with E-state index in [-0.39, 0.29) is 0 Å². The van der Waals surface area contributed by atoms with Crippen molar-refractivity contribution in [2.75, 3.05) is 29.9 Å². The monoisotopic (exact) mass is 312 g/mol. The van der Waals surface area contributed by atoms with Gasteiger partial charge in [0.15, 0.2) is 0 Å². The number of nitrogens with one attached hydrogen (secondary N) is 1. The van der Waals surface area contributed by atoms with Crippen molar-refractivity contribution in [2.45, 2.75) is 19.8 Å². The Balaban J connectivity index is 1.80. The smallest absolute Gasteiger partial charge is 0.411 e. The molecule has 0 saturated carbocycles. The third-order valence-electron chi connectivity index (χ3n) is 3.52. The molecular formula is C19H24N2O2. The Labute approximate surface area is 138 Å². The molecule has 2 aromatic rings. The Morgan fingerprint density at radius 2 is 1.65 bits per heavy atom. The van der Waals surface area contributed by atoms with Gasteiger partial charge in [-0.3, -0.25) is 5.32 Å². The van der Waals surface area contributed by atoms with Crippen LogP contribution in [0.1, 0.15) is 19.8 Å². The molecule has 0 unspecified atom stereocenters. The Morgan fingerprint density at radius 3 is 2.30 bits per heavy atom. The molecule has 1 N–H and O–H groups in total. The second-order valence-electron chi connectivity index (χ2n) is 5.30. The fraction of sp³-hybridized carbons (Fsp3) is 0.316. The van der Waals surface area contributed by atoms with Gasteiger partial charge in [0, 0.05) is 17.9 Å². The van der Waals surface area contributed by atoms with Crippen LogP contribution in [0.2, 0.25) is 0 Å². The molecule has 0 heterocycles. The molecule has 122 valence electrons. The van der Waals surface area contributed by atoms with E-state index < -0.39 is 6.09 Å². The van der Waals surface area contributed by atoms with Crippen LogP contribution < -0.4 is 10.2 Å². The molecule has 0 saturated heterocycles. The fourth-order valence-electron chi connectivity index (χ4n) is 2.28. The molecule has 4 nitrogen and oxygen atoms in total.